The molecule has 0 aliphatic carbocycles. The molecule has 0 saturated heterocycles. The number of ketones is 1. The summed E-state index contributed by atoms with van der Waals surface area (Å²) in [4.78, 5) is 13.4. The molecule has 0 saturated carbocycles. The van der Waals surface area contributed by atoms with Crippen LogP contribution in [0.3, 0.4) is 0 Å². The van der Waals surface area contributed by atoms with Crippen LogP contribution in [0.1, 0.15) is 22.8 Å². The molecule has 1 aromatic carbocycles. The average molecular weight is 308 g/mol. The lowest BCUT2D eigenvalue weighted by Gasteiger charge is -2.20. The molecule has 18 heavy (non-hydrogen) atoms. The van der Waals surface area contributed by atoms with Gasteiger partial charge in [0.25, 0.3) is 0 Å². The zero-order valence-electron chi connectivity index (χ0n) is 10.3. The SMILES string of the molecule is CC(=O)c1ccc(N(C)Cc2ccoc2)c(Br)c1. The van der Waals surface area contributed by atoms with Crippen LogP contribution in [-0.4, -0.2) is 12.8 Å². The van der Waals surface area contributed by atoms with E-state index in [1.165, 1.54) is 0 Å². The average Bonchev–Trinajstić information content (AvgIpc) is 2.81. The predicted molar refractivity (Wildman–Crippen MR) is 75.0 cm³/mol. The number of nitrogens with zero attached hydrogens (tertiary/aromatic N) is 1. The van der Waals surface area contributed by atoms with Crippen molar-refractivity contribution in [2.75, 3.05) is 11.9 Å². The van der Waals surface area contributed by atoms with E-state index in [2.05, 4.69) is 20.8 Å². The molecule has 1 heterocycles. The summed E-state index contributed by atoms with van der Waals surface area (Å²) < 4.78 is 5.97. The normalized spacial score (nSPS) is 10.4. The van der Waals surface area contributed by atoms with Crippen LogP contribution in [0.25, 0.3) is 0 Å². The van der Waals surface area contributed by atoms with Gasteiger partial charge in [-0.15, -0.1) is 0 Å². The van der Waals surface area contributed by atoms with Gasteiger partial charge in [0.15, 0.2) is 5.78 Å². The molecule has 1 aromatic heterocycles. The second-order valence-corrected chi connectivity index (χ2v) is 5.06. The third-order valence-electron chi connectivity index (χ3n) is 2.77. The van der Waals surface area contributed by atoms with Crippen molar-refractivity contribution in [3.8, 4) is 0 Å². The minimum Gasteiger partial charge on any atom is -0.472 e. The molecule has 4 heteroatoms. The minimum atomic E-state index is 0.0692. The van der Waals surface area contributed by atoms with Gasteiger partial charge in [-0.1, -0.05) is 0 Å². The molecule has 0 atom stereocenters. The fourth-order valence-corrected chi connectivity index (χ4v) is 2.46. The van der Waals surface area contributed by atoms with Gasteiger partial charge in [0.05, 0.1) is 18.2 Å². The van der Waals surface area contributed by atoms with Crippen molar-refractivity contribution in [2.45, 2.75) is 13.5 Å². The Labute approximate surface area is 115 Å². The summed E-state index contributed by atoms with van der Waals surface area (Å²) in [7, 11) is 2.00. The van der Waals surface area contributed by atoms with Crippen molar-refractivity contribution >= 4 is 27.4 Å². The highest BCUT2D eigenvalue weighted by atomic mass is 79.9. The van der Waals surface area contributed by atoms with Crippen LogP contribution in [0.4, 0.5) is 5.69 Å². The molecule has 0 fully saturated rings. The maximum absolute atomic E-state index is 11.3. The third-order valence-corrected chi connectivity index (χ3v) is 3.40. The lowest BCUT2D eigenvalue weighted by Crippen LogP contribution is -2.16. The fraction of sp³-hybridized carbons (Fsp3) is 0.214. The summed E-state index contributed by atoms with van der Waals surface area (Å²) in [5.74, 6) is 0.0692. The van der Waals surface area contributed by atoms with Crippen LogP contribution in [-0.2, 0) is 6.54 Å². The zero-order chi connectivity index (χ0) is 13.1. The number of benzene rings is 1. The Bertz CT molecular complexity index is 549. The topological polar surface area (TPSA) is 33.5 Å². The number of halogens is 1. The number of hydrogen-bond acceptors (Lipinski definition) is 3. The number of rotatable bonds is 4. The number of Topliss-reactive ketones (excluding diaryl/α,β-unsaturated/α-hetero) is 1. The van der Waals surface area contributed by atoms with Crippen LogP contribution in [0.2, 0.25) is 0 Å². The van der Waals surface area contributed by atoms with Gasteiger partial charge in [0.2, 0.25) is 0 Å². The number of carbonyl (C=O) groups excluding carboxylic acids is 1. The molecule has 0 aliphatic rings. The zero-order valence-corrected chi connectivity index (χ0v) is 11.9. The molecule has 0 spiro atoms. The highest BCUT2D eigenvalue weighted by molar-refractivity contribution is 9.10. The minimum absolute atomic E-state index is 0.0692. The summed E-state index contributed by atoms with van der Waals surface area (Å²) in [6.07, 6.45) is 3.39. The summed E-state index contributed by atoms with van der Waals surface area (Å²) in [5.41, 5.74) is 2.86. The second kappa shape index (κ2) is 5.40. The van der Waals surface area contributed by atoms with Crippen molar-refractivity contribution < 1.29 is 9.21 Å². The molecular formula is C14H14BrNO2. The van der Waals surface area contributed by atoms with Crippen molar-refractivity contribution in [1.82, 2.24) is 0 Å². The van der Waals surface area contributed by atoms with E-state index in [9.17, 15) is 4.79 Å². The van der Waals surface area contributed by atoms with E-state index in [1.807, 2.05) is 31.3 Å². The van der Waals surface area contributed by atoms with E-state index in [1.54, 1.807) is 19.5 Å². The third kappa shape index (κ3) is 2.82. The predicted octanol–water partition coefficient (Wildman–Crippen LogP) is 3.88. The van der Waals surface area contributed by atoms with Gasteiger partial charge in [0.1, 0.15) is 0 Å². The molecule has 3 nitrogen and oxygen atoms in total. The number of anilines is 1. The molecule has 0 amide bonds. The van der Waals surface area contributed by atoms with Crippen molar-refractivity contribution in [1.29, 1.82) is 0 Å². The van der Waals surface area contributed by atoms with Crippen LogP contribution < -0.4 is 4.90 Å². The number of carbonyl (C=O) groups is 1. The Balaban J connectivity index is 2.20. The summed E-state index contributed by atoms with van der Waals surface area (Å²) >= 11 is 3.50. The molecule has 2 rings (SSSR count). The van der Waals surface area contributed by atoms with Crippen LogP contribution >= 0.6 is 15.9 Å². The largest absolute Gasteiger partial charge is 0.472 e. The molecule has 0 N–H and O–H groups in total. The van der Waals surface area contributed by atoms with Crippen molar-refractivity contribution in [3.63, 3.8) is 0 Å². The summed E-state index contributed by atoms with van der Waals surface area (Å²) in [6, 6.07) is 7.58. The Morgan fingerprint density at radius 1 is 1.39 bits per heavy atom. The van der Waals surface area contributed by atoms with Gasteiger partial charge in [-0.05, 0) is 47.1 Å². The molecule has 0 radical (unpaired) electrons. The van der Waals surface area contributed by atoms with Gasteiger partial charge in [-0.3, -0.25) is 4.79 Å². The van der Waals surface area contributed by atoms with Gasteiger partial charge in [0, 0.05) is 29.2 Å². The molecule has 0 aliphatic heterocycles. The standard InChI is InChI=1S/C14H14BrNO2/c1-10(17)12-3-4-14(13(15)7-12)16(2)8-11-5-6-18-9-11/h3-7,9H,8H2,1-2H3. The first-order valence-corrected chi connectivity index (χ1v) is 6.40. The highest BCUT2D eigenvalue weighted by Gasteiger charge is 2.09. The lowest BCUT2D eigenvalue weighted by molar-refractivity contribution is 0.101. The molecule has 94 valence electrons. The van der Waals surface area contributed by atoms with Crippen LogP contribution in [0.5, 0.6) is 0 Å². The lowest BCUT2D eigenvalue weighted by atomic mass is 10.1. The Hall–Kier alpha value is -1.55. The molecular weight excluding hydrogens is 294 g/mol. The first-order chi connectivity index (χ1) is 8.58. The fourth-order valence-electron chi connectivity index (χ4n) is 1.78. The van der Waals surface area contributed by atoms with Gasteiger partial charge in [-0.2, -0.15) is 0 Å². The maximum Gasteiger partial charge on any atom is 0.159 e. The van der Waals surface area contributed by atoms with E-state index >= 15 is 0 Å². The van der Waals surface area contributed by atoms with Crippen molar-refractivity contribution in [3.05, 3.63) is 52.4 Å². The Morgan fingerprint density at radius 3 is 2.72 bits per heavy atom. The highest BCUT2D eigenvalue weighted by Crippen LogP contribution is 2.27. The number of furan rings is 1. The van der Waals surface area contributed by atoms with E-state index in [0.717, 1.165) is 22.3 Å². The molecule has 0 bridgehead atoms. The molecule has 2 aromatic rings. The quantitative estimate of drug-likeness (QED) is 0.804. The van der Waals surface area contributed by atoms with Crippen LogP contribution in [0.15, 0.2) is 45.7 Å². The van der Waals surface area contributed by atoms with Gasteiger partial charge < -0.3 is 9.32 Å². The van der Waals surface area contributed by atoms with E-state index in [-0.39, 0.29) is 5.78 Å². The first kappa shape index (κ1) is 12.9. The van der Waals surface area contributed by atoms with Crippen LogP contribution in [0, 0.1) is 0 Å². The second-order valence-electron chi connectivity index (χ2n) is 4.21. The number of hydrogen-bond donors (Lipinski definition) is 0. The Kier molecular flexibility index (Phi) is 3.87. The Morgan fingerprint density at radius 2 is 2.17 bits per heavy atom. The summed E-state index contributed by atoms with van der Waals surface area (Å²) in [5, 5.41) is 0. The van der Waals surface area contributed by atoms with E-state index < -0.39 is 0 Å². The summed E-state index contributed by atoms with van der Waals surface area (Å²) in [6.45, 7) is 2.32. The van der Waals surface area contributed by atoms with E-state index in [0.29, 0.717) is 5.56 Å². The first-order valence-electron chi connectivity index (χ1n) is 5.60. The van der Waals surface area contributed by atoms with E-state index in [4.69, 9.17) is 4.42 Å². The molecule has 0 unspecified atom stereocenters. The van der Waals surface area contributed by atoms with Gasteiger partial charge >= 0.3 is 0 Å². The monoisotopic (exact) mass is 307 g/mol. The maximum atomic E-state index is 11.3. The van der Waals surface area contributed by atoms with Crippen molar-refractivity contribution in [2.24, 2.45) is 0 Å². The smallest absolute Gasteiger partial charge is 0.159 e. The van der Waals surface area contributed by atoms with Gasteiger partial charge in [-0.25, -0.2) is 0 Å².